The van der Waals surface area contributed by atoms with Crippen LogP contribution in [0.4, 0.5) is 11.5 Å². The maximum absolute atomic E-state index is 11.0. The normalized spacial score (nSPS) is 10.5. The lowest BCUT2D eigenvalue weighted by Crippen LogP contribution is -2.25. The summed E-state index contributed by atoms with van der Waals surface area (Å²) in [6.07, 6.45) is 0. The summed E-state index contributed by atoms with van der Waals surface area (Å²) < 4.78 is 0. The SMILES string of the molecule is CCN(C)CCNc1nc(C(N)=O)ccc1N. The van der Waals surface area contributed by atoms with Gasteiger partial charge in [0.25, 0.3) is 5.91 Å². The summed E-state index contributed by atoms with van der Waals surface area (Å²) in [6, 6.07) is 3.14. The Hall–Kier alpha value is -1.82. The van der Waals surface area contributed by atoms with E-state index >= 15 is 0 Å². The molecule has 0 bridgehead atoms. The molecule has 17 heavy (non-hydrogen) atoms. The number of hydrogen-bond acceptors (Lipinski definition) is 5. The topological polar surface area (TPSA) is 97.3 Å². The summed E-state index contributed by atoms with van der Waals surface area (Å²) in [5.41, 5.74) is 11.6. The minimum absolute atomic E-state index is 0.213. The number of nitrogens with one attached hydrogen (secondary N) is 1. The number of anilines is 2. The highest BCUT2D eigenvalue weighted by molar-refractivity contribution is 5.91. The summed E-state index contributed by atoms with van der Waals surface area (Å²) in [6.45, 7) is 4.65. The van der Waals surface area contributed by atoms with Crippen molar-refractivity contribution in [3.8, 4) is 0 Å². The average molecular weight is 237 g/mol. The van der Waals surface area contributed by atoms with E-state index in [2.05, 4.69) is 22.1 Å². The fourth-order valence-corrected chi connectivity index (χ4v) is 1.27. The number of hydrogen-bond donors (Lipinski definition) is 3. The van der Waals surface area contributed by atoms with Gasteiger partial charge in [-0.15, -0.1) is 0 Å². The van der Waals surface area contributed by atoms with Crippen LogP contribution in [0.25, 0.3) is 0 Å². The molecule has 6 nitrogen and oxygen atoms in total. The Balaban J connectivity index is 2.63. The largest absolute Gasteiger partial charge is 0.396 e. The van der Waals surface area contributed by atoms with Gasteiger partial charge in [0, 0.05) is 13.1 Å². The quantitative estimate of drug-likeness (QED) is 0.653. The zero-order valence-electron chi connectivity index (χ0n) is 10.2. The molecule has 0 saturated heterocycles. The van der Waals surface area contributed by atoms with Gasteiger partial charge in [0.1, 0.15) is 11.5 Å². The van der Waals surface area contributed by atoms with Gasteiger partial charge in [-0.05, 0) is 25.7 Å². The fourth-order valence-electron chi connectivity index (χ4n) is 1.27. The highest BCUT2D eigenvalue weighted by atomic mass is 16.1. The third-order valence-corrected chi connectivity index (χ3v) is 2.50. The average Bonchev–Trinajstić information content (AvgIpc) is 2.30. The van der Waals surface area contributed by atoms with Crippen molar-refractivity contribution in [1.29, 1.82) is 0 Å². The van der Waals surface area contributed by atoms with Crippen LogP contribution in [0.2, 0.25) is 0 Å². The van der Waals surface area contributed by atoms with Crippen molar-refractivity contribution in [2.45, 2.75) is 6.92 Å². The van der Waals surface area contributed by atoms with Gasteiger partial charge < -0.3 is 21.7 Å². The van der Waals surface area contributed by atoms with Crippen molar-refractivity contribution in [1.82, 2.24) is 9.88 Å². The zero-order chi connectivity index (χ0) is 12.8. The van der Waals surface area contributed by atoms with E-state index < -0.39 is 5.91 Å². The summed E-state index contributed by atoms with van der Waals surface area (Å²) in [5.74, 6) is -0.0514. The van der Waals surface area contributed by atoms with Gasteiger partial charge in [-0.2, -0.15) is 0 Å². The van der Waals surface area contributed by atoms with Crippen LogP contribution in [0.15, 0.2) is 12.1 Å². The molecule has 1 amide bonds. The lowest BCUT2D eigenvalue weighted by molar-refractivity contribution is 0.0996. The second-order valence-corrected chi connectivity index (χ2v) is 3.82. The lowest BCUT2D eigenvalue weighted by atomic mass is 10.3. The molecule has 0 aromatic carbocycles. The summed E-state index contributed by atoms with van der Waals surface area (Å²) in [4.78, 5) is 17.2. The number of amides is 1. The van der Waals surface area contributed by atoms with Gasteiger partial charge in [0.2, 0.25) is 0 Å². The van der Waals surface area contributed by atoms with Crippen molar-refractivity contribution in [3.63, 3.8) is 0 Å². The molecule has 0 fully saturated rings. The van der Waals surface area contributed by atoms with Gasteiger partial charge >= 0.3 is 0 Å². The zero-order valence-corrected chi connectivity index (χ0v) is 10.2. The van der Waals surface area contributed by atoms with E-state index in [1.165, 1.54) is 6.07 Å². The van der Waals surface area contributed by atoms with Crippen LogP contribution < -0.4 is 16.8 Å². The molecule has 0 aliphatic rings. The monoisotopic (exact) mass is 237 g/mol. The maximum atomic E-state index is 11.0. The first kappa shape index (κ1) is 13.2. The number of rotatable bonds is 6. The van der Waals surface area contributed by atoms with Crippen LogP contribution in [0.1, 0.15) is 17.4 Å². The summed E-state index contributed by atoms with van der Waals surface area (Å²) >= 11 is 0. The predicted molar refractivity (Wildman–Crippen MR) is 68.8 cm³/mol. The highest BCUT2D eigenvalue weighted by Crippen LogP contribution is 2.14. The molecule has 5 N–H and O–H groups in total. The van der Waals surface area contributed by atoms with E-state index in [-0.39, 0.29) is 5.69 Å². The first-order valence-corrected chi connectivity index (χ1v) is 5.53. The summed E-state index contributed by atoms with van der Waals surface area (Å²) in [7, 11) is 2.03. The van der Waals surface area contributed by atoms with Crippen LogP contribution in [0, 0.1) is 0 Å². The standard InChI is InChI=1S/C11H19N5O/c1-3-16(2)7-6-14-11-8(12)4-5-9(15-11)10(13)17/h4-5H,3,6-7,12H2,1-2H3,(H2,13,17)(H,14,15). The molecular formula is C11H19N5O. The number of primary amides is 1. The third-order valence-electron chi connectivity index (χ3n) is 2.50. The third kappa shape index (κ3) is 3.92. The Bertz CT molecular complexity index is 393. The molecule has 6 heteroatoms. The van der Waals surface area contributed by atoms with E-state index in [0.717, 1.165) is 13.1 Å². The Morgan fingerprint density at radius 1 is 1.53 bits per heavy atom. The minimum atomic E-state index is -0.557. The van der Waals surface area contributed by atoms with Crippen molar-refractivity contribution in [2.75, 3.05) is 37.7 Å². The smallest absolute Gasteiger partial charge is 0.267 e. The molecule has 0 aliphatic heterocycles. The van der Waals surface area contributed by atoms with Gasteiger partial charge in [-0.25, -0.2) is 4.98 Å². The number of likely N-dealkylation sites (N-methyl/N-ethyl adjacent to an activating group) is 1. The molecule has 0 unspecified atom stereocenters. The number of nitrogens with zero attached hydrogens (tertiary/aromatic N) is 2. The molecule has 94 valence electrons. The molecule has 0 radical (unpaired) electrons. The van der Waals surface area contributed by atoms with Crippen LogP contribution in [-0.2, 0) is 0 Å². The van der Waals surface area contributed by atoms with E-state index in [1.807, 2.05) is 7.05 Å². The van der Waals surface area contributed by atoms with Gasteiger partial charge in [-0.3, -0.25) is 4.79 Å². The van der Waals surface area contributed by atoms with Gasteiger partial charge in [0.05, 0.1) is 5.69 Å². The second kappa shape index (κ2) is 6.05. The first-order chi connectivity index (χ1) is 8.04. The van der Waals surface area contributed by atoms with E-state index in [9.17, 15) is 4.79 Å². The number of carbonyl (C=O) groups excluding carboxylic acids is 1. The van der Waals surface area contributed by atoms with E-state index in [4.69, 9.17) is 11.5 Å². The number of pyridine rings is 1. The number of nitrogen functional groups attached to an aromatic ring is 1. The Kier molecular flexibility index (Phi) is 4.71. The number of aromatic nitrogens is 1. The Labute approximate surface area is 101 Å². The van der Waals surface area contributed by atoms with Crippen LogP contribution in [0.5, 0.6) is 0 Å². The molecule has 0 spiro atoms. The fraction of sp³-hybridized carbons (Fsp3) is 0.455. The van der Waals surface area contributed by atoms with E-state index in [0.29, 0.717) is 18.1 Å². The maximum Gasteiger partial charge on any atom is 0.267 e. The van der Waals surface area contributed by atoms with Crippen molar-refractivity contribution in [3.05, 3.63) is 17.8 Å². The summed E-state index contributed by atoms with van der Waals surface area (Å²) in [5, 5.41) is 3.09. The molecular weight excluding hydrogens is 218 g/mol. The predicted octanol–water partition coefficient (Wildman–Crippen LogP) is 0.126. The van der Waals surface area contributed by atoms with Crippen LogP contribution in [-0.4, -0.2) is 42.5 Å². The van der Waals surface area contributed by atoms with Gasteiger partial charge in [0.15, 0.2) is 0 Å². The minimum Gasteiger partial charge on any atom is -0.396 e. The molecule has 1 aromatic rings. The Morgan fingerprint density at radius 2 is 2.24 bits per heavy atom. The van der Waals surface area contributed by atoms with Crippen molar-refractivity contribution >= 4 is 17.4 Å². The molecule has 1 aromatic heterocycles. The molecule has 1 rings (SSSR count). The van der Waals surface area contributed by atoms with Gasteiger partial charge in [-0.1, -0.05) is 6.92 Å². The lowest BCUT2D eigenvalue weighted by Gasteiger charge is -2.15. The molecule has 0 aliphatic carbocycles. The first-order valence-electron chi connectivity index (χ1n) is 5.53. The highest BCUT2D eigenvalue weighted by Gasteiger charge is 2.06. The Morgan fingerprint density at radius 3 is 2.82 bits per heavy atom. The van der Waals surface area contributed by atoms with E-state index in [1.54, 1.807) is 6.07 Å². The molecule has 1 heterocycles. The van der Waals surface area contributed by atoms with Crippen LogP contribution >= 0.6 is 0 Å². The van der Waals surface area contributed by atoms with Crippen molar-refractivity contribution in [2.24, 2.45) is 5.73 Å². The van der Waals surface area contributed by atoms with Crippen molar-refractivity contribution < 1.29 is 4.79 Å². The number of nitrogens with two attached hydrogens (primary N) is 2. The number of carbonyl (C=O) groups is 1. The van der Waals surface area contributed by atoms with Crippen LogP contribution in [0.3, 0.4) is 0 Å². The molecule has 0 saturated carbocycles. The second-order valence-electron chi connectivity index (χ2n) is 3.82. The molecule has 0 atom stereocenters.